The fourth-order valence-electron chi connectivity index (χ4n) is 3.61. The Kier molecular flexibility index (Phi) is 5.32. The molecule has 28 heavy (non-hydrogen) atoms. The molecule has 146 valence electrons. The molecular formula is C22H27N5O. The molecule has 1 fully saturated rings. The molecule has 3 heterocycles. The number of rotatable bonds is 6. The first-order valence-corrected chi connectivity index (χ1v) is 9.65. The number of hydrogen-bond donors (Lipinski definition) is 2. The molecule has 4 rings (SSSR count). The van der Waals surface area contributed by atoms with Crippen molar-refractivity contribution < 1.29 is 5.11 Å². The molecule has 2 atom stereocenters. The lowest BCUT2D eigenvalue weighted by molar-refractivity contribution is 0.208. The van der Waals surface area contributed by atoms with Gasteiger partial charge in [-0.1, -0.05) is 0 Å². The van der Waals surface area contributed by atoms with Crippen molar-refractivity contribution in [2.24, 2.45) is 0 Å². The molecule has 2 unspecified atom stereocenters. The van der Waals surface area contributed by atoms with Crippen LogP contribution in [0.3, 0.4) is 0 Å². The second kappa shape index (κ2) is 8.04. The van der Waals surface area contributed by atoms with Gasteiger partial charge in [0.2, 0.25) is 0 Å². The molecule has 0 bridgehead atoms. The van der Waals surface area contributed by atoms with E-state index in [4.69, 9.17) is 0 Å². The van der Waals surface area contributed by atoms with Gasteiger partial charge in [-0.3, -0.25) is 0 Å². The molecule has 3 aromatic rings. The monoisotopic (exact) mass is 377 g/mol. The molecule has 1 saturated heterocycles. The van der Waals surface area contributed by atoms with Crippen molar-refractivity contribution >= 4 is 11.4 Å². The lowest BCUT2D eigenvalue weighted by atomic mass is 10.2. The molecule has 0 spiro atoms. The zero-order valence-electron chi connectivity index (χ0n) is 16.4. The quantitative estimate of drug-likeness (QED) is 0.647. The Morgan fingerprint density at radius 3 is 2.46 bits per heavy atom. The molecule has 1 aliphatic heterocycles. The molecule has 1 aliphatic rings. The minimum Gasteiger partial charge on any atom is -0.370 e. The average molecular weight is 377 g/mol. The van der Waals surface area contributed by atoms with Gasteiger partial charge in [0.25, 0.3) is 0 Å². The minimum atomic E-state index is -0.804. The summed E-state index contributed by atoms with van der Waals surface area (Å²) >= 11 is 0. The highest BCUT2D eigenvalue weighted by Crippen LogP contribution is 2.25. The van der Waals surface area contributed by atoms with E-state index in [1.54, 1.807) is 6.20 Å². The van der Waals surface area contributed by atoms with Gasteiger partial charge in [-0.15, -0.1) is 0 Å². The number of hydrogen-bond acceptors (Lipinski definition) is 5. The molecule has 0 aliphatic carbocycles. The predicted octanol–water partition coefficient (Wildman–Crippen LogP) is 3.12. The Bertz CT molecular complexity index is 874. The molecule has 0 saturated carbocycles. The number of pyridine rings is 1. The summed E-state index contributed by atoms with van der Waals surface area (Å²) in [7, 11) is 4.28. The van der Waals surface area contributed by atoms with Crippen LogP contribution in [-0.2, 0) is 0 Å². The third-order valence-corrected chi connectivity index (χ3v) is 5.38. The normalized spacial score (nSPS) is 17.9. The Morgan fingerprint density at radius 2 is 1.86 bits per heavy atom. The molecule has 6 nitrogen and oxygen atoms in total. The number of anilines is 2. The molecule has 2 aromatic heterocycles. The second-order valence-corrected chi connectivity index (χ2v) is 7.49. The van der Waals surface area contributed by atoms with E-state index in [0.717, 1.165) is 30.2 Å². The van der Waals surface area contributed by atoms with Crippen molar-refractivity contribution in [1.82, 2.24) is 14.5 Å². The fourth-order valence-corrected chi connectivity index (χ4v) is 3.61. The highest BCUT2D eigenvalue weighted by molar-refractivity contribution is 5.56. The smallest absolute Gasteiger partial charge is 0.152 e. The van der Waals surface area contributed by atoms with E-state index in [2.05, 4.69) is 46.3 Å². The van der Waals surface area contributed by atoms with Gasteiger partial charge in [-0.25, -0.2) is 4.98 Å². The number of benzene rings is 1. The first-order valence-electron chi connectivity index (χ1n) is 9.65. The number of aromatic nitrogens is 2. The van der Waals surface area contributed by atoms with E-state index in [-0.39, 0.29) is 0 Å². The van der Waals surface area contributed by atoms with Crippen LogP contribution in [0.2, 0.25) is 0 Å². The van der Waals surface area contributed by atoms with Crippen LogP contribution in [-0.4, -0.2) is 52.8 Å². The van der Waals surface area contributed by atoms with E-state index < -0.39 is 6.23 Å². The van der Waals surface area contributed by atoms with Crippen LogP contribution >= 0.6 is 0 Å². The molecule has 0 radical (unpaired) electrons. The maximum absolute atomic E-state index is 10.5. The number of aliphatic hydroxyl groups excluding tert-OH is 1. The van der Waals surface area contributed by atoms with Crippen molar-refractivity contribution in [3.8, 4) is 5.82 Å². The third-order valence-electron chi connectivity index (χ3n) is 5.38. The zero-order valence-corrected chi connectivity index (χ0v) is 16.4. The molecule has 2 N–H and O–H groups in total. The molecule has 1 aromatic carbocycles. The predicted molar refractivity (Wildman–Crippen MR) is 113 cm³/mol. The van der Waals surface area contributed by atoms with Crippen molar-refractivity contribution in [1.29, 1.82) is 0 Å². The largest absolute Gasteiger partial charge is 0.370 e. The Balaban J connectivity index is 1.37. The van der Waals surface area contributed by atoms with Gasteiger partial charge >= 0.3 is 0 Å². The fraction of sp³-hybridized carbons (Fsp3) is 0.318. The first kappa shape index (κ1) is 18.5. The average Bonchev–Trinajstić information content (AvgIpc) is 3.41. The summed E-state index contributed by atoms with van der Waals surface area (Å²) < 4.78 is 1.93. The summed E-state index contributed by atoms with van der Waals surface area (Å²) in [6, 6.07) is 16.6. The third kappa shape index (κ3) is 4.03. The first-order chi connectivity index (χ1) is 13.6. The molecular weight excluding hydrogens is 350 g/mol. The van der Waals surface area contributed by atoms with E-state index >= 15 is 0 Å². The van der Waals surface area contributed by atoms with Gasteiger partial charge in [0.15, 0.2) is 6.23 Å². The number of likely N-dealkylation sites (N-methyl/N-ethyl adjacent to an activating group) is 1. The van der Waals surface area contributed by atoms with E-state index in [1.807, 2.05) is 53.4 Å². The standard InChI is InChI=1S/C22H27N5O/c1-25(2)20-11-14-27(16-20)19-8-6-18(7-9-19)24-22(28)17-5-10-21(23-15-17)26-12-3-4-13-26/h3-10,12-13,15,20,22,24,28H,11,14,16H2,1-2H3. The van der Waals surface area contributed by atoms with Crippen LogP contribution in [0.15, 0.2) is 67.1 Å². The van der Waals surface area contributed by atoms with Gasteiger partial charge < -0.3 is 24.8 Å². The van der Waals surface area contributed by atoms with Gasteiger partial charge in [0.1, 0.15) is 5.82 Å². The van der Waals surface area contributed by atoms with Crippen LogP contribution in [0.4, 0.5) is 11.4 Å². The summed E-state index contributed by atoms with van der Waals surface area (Å²) in [6.45, 7) is 2.14. The Hall–Kier alpha value is -2.83. The van der Waals surface area contributed by atoms with Crippen LogP contribution in [0, 0.1) is 0 Å². The Labute approximate surface area is 166 Å². The van der Waals surface area contributed by atoms with Crippen LogP contribution in [0.25, 0.3) is 5.82 Å². The van der Waals surface area contributed by atoms with Crippen LogP contribution in [0.1, 0.15) is 18.2 Å². The maximum atomic E-state index is 10.5. The maximum Gasteiger partial charge on any atom is 0.152 e. The summed E-state index contributed by atoms with van der Waals surface area (Å²) in [5.74, 6) is 0.826. The van der Waals surface area contributed by atoms with Crippen molar-refractivity contribution in [3.63, 3.8) is 0 Å². The molecule has 0 amide bonds. The van der Waals surface area contributed by atoms with Gasteiger partial charge in [-0.05, 0) is 69.0 Å². The van der Waals surface area contributed by atoms with E-state index in [0.29, 0.717) is 6.04 Å². The minimum absolute atomic E-state index is 0.613. The number of nitrogens with zero attached hydrogens (tertiary/aromatic N) is 4. The van der Waals surface area contributed by atoms with Crippen molar-refractivity contribution in [2.75, 3.05) is 37.4 Å². The highest BCUT2D eigenvalue weighted by atomic mass is 16.3. The van der Waals surface area contributed by atoms with Crippen molar-refractivity contribution in [2.45, 2.75) is 18.7 Å². The van der Waals surface area contributed by atoms with Crippen LogP contribution in [0.5, 0.6) is 0 Å². The lowest BCUT2D eigenvalue weighted by Crippen LogP contribution is -2.31. The van der Waals surface area contributed by atoms with E-state index in [1.165, 1.54) is 12.1 Å². The van der Waals surface area contributed by atoms with Crippen molar-refractivity contribution in [3.05, 3.63) is 72.7 Å². The summed E-state index contributed by atoms with van der Waals surface area (Å²) in [5, 5.41) is 13.6. The lowest BCUT2D eigenvalue weighted by Gasteiger charge is -2.22. The summed E-state index contributed by atoms with van der Waals surface area (Å²) in [4.78, 5) is 9.13. The number of aliphatic hydroxyl groups is 1. The summed E-state index contributed by atoms with van der Waals surface area (Å²) in [6.07, 6.45) is 5.98. The highest BCUT2D eigenvalue weighted by Gasteiger charge is 2.23. The number of nitrogens with one attached hydrogen (secondary N) is 1. The zero-order chi connectivity index (χ0) is 19.5. The van der Waals surface area contributed by atoms with Gasteiger partial charge in [0, 0.05) is 54.7 Å². The second-order valence-electron chi connectivity index (χ2n) is 7.49. The Morgan fingerprint density at radius 1 is 1.11 bits per heavy atom. The SMILES string of the molecule is CN(C)C1CCN(c2ccc(NC(O)c3ccc(-n4cccc4)nc3)cc2)C1. The van der Waals surface area contributed by atoms with Crippen LogP contribution < -0.4 is 10.2 Å². The van der Waals surface area contributed by atoms with Gasteiger partial charge in [-0.2, -0.15) is 0 Å². The molecule has 6 heteroatoms. The topological polar surface area (TPSA) is 56.6 Å². The van der Waals surface area contributed by atoms with Gasteiger partial charge in [0.05, 0.1) is 0 Å². The van der Waals surface area contributed by atoms with E-state index in [9.17, 15) is 5.11 Å². The summed E-state index contributed by atoms with van der Waals surface area (Å²) in [5.41, 5.74) is 2.84.